The zero-order chi connectivity index (χ0) is 88.0. The number of nitrogens with zero attached hydrogens (tertiary/aromatic N) is 13. The van der Waals surface area contributed by atoms with Crippen molar-refractivity contribution >= 4 is 69.0 Å². The second-order valence-corrected chi connectivity index (χ2v) is 35.5. The molecule has 4 aromatic heterocycles. The third kappa shape index (κ3) is 21.2. The minimum atomic E-state index is -0.0188. The molecule has 0 radical (unpaired) electrons. The highest BCUT2D eigenvalue weighted by Crippen LogP contribution is 2.46. The van der Waals surface area contributed by atoms with Gasteiger partial charge in [-0.05, 0) is 238 Å². The van der Waals surface area contributed by atoms with Crippen LogP contribution in [0.2, 0.25) is 0 Å². The Kier molecular flexibility index (Phi) is 28.9. The Morgan fingerprint density at radius 2 is 0.613 bits per heavy atom. The number of nitrogens with one attached hydrogen (secondary N) is 4. The van der Waals surface area contributed by atoms with Gasteiger partial charge in [0.25, 0.3) is 0 Å². The molecule has 0 bridgehead atoms. The lowest BCUT2D eigenvalue weighted by Gasteiger charge is -2.16. The maximum atomic E-state index is 12.3. The van der Waals surface area contributed by atoms with Gasteiger partial charge < -0.3 is 45.1 Å². The van der Waals surface area contributed by atoms with Crippen LogP contribution in [0.5, 0.6) is 23.0 Å². The highest BCUT2D eigenvalue weighted by Gasteiger charge is 2.33. The van der Waals surface area contributed by atoms with Crippen LogP contribution in [0.4, 0.5) is 0 Å². The lowest BCUT2D eigenvalue weighted by Crippen LogP contribution is -2.35. The number of nitriles is 4. The molecule has 4 N–H and O–H groups in total. The summed E-state index contributed by atoms with van der Waals surface area (Å²) in [6.07, 6.45) is 7.59. The highest BCUT2D eigenvalue weighted by atomic mass is 32.1. The van der Waals surface area contributed by atoms with Gasteiger partial charge in [-0.1, -0.05) is 125 Å². The van der Waals surface area contributed by atoms with Gasteiger partial charge in [0.05, 0.1) is 77.4 Å². The van der Waals surface area contributed by atoms with Crippen molar-refractivity contribution in [1.29, 1.82) is 21.0 Å². The van der Waals surface area contributed by atoms with Crippen molar-refractivity contribution in [3.8, 4) is 132 Å². The average molecular weight is 1730 g/mol. The van der Waals surface area contributed by atoms with Crippen LogP contribution in [0, 0.1) is 45.3 Å². The minimum Gasteiger partial charge on any atom is -0.490 e. The van der Waals surface area contributed by atoms with Crippen LogP contribution >= 0.6 is 45.3 Å². The molecule has 0 fully saturated rings. The maximum absolute atomic E-state index is 12.3. The summed E-state index contributed by atoms with van der Waals surface area (Å²) in [5.41, 5.74) is 19.0. The molecule has 4 aliphatic carbocycles. The second-order valence-electron chi connectivity index (χ2n) is 31.6. The number of carbonyl (C=O) groups is 4. The number of fused-ring (bicyclic) bond motifs is 4. The average Bonchev–Trinajstić information content (AvgIpc) is 1.65. The van der Waals surface area contributed by atoms with E-state index in [-0.39, 0.29) is 72.2 Å². The van der Waals surface area contributed by atoms with Gasteiger partial charge in [0, 0.05) is 64.8 Å². The molecule has 4 aliphatic rings. The van der Waals surface area contributed by atoms with Gasteiger partial charge in [0.1, 0.15) is 87.3 Å². The summed E-state index contributed by atoms with van der Waals surface area (Å²) in [7, 11) is 3.77. The van der Waals surface area contributed by atoms with Crippen LogP contribution in [0.1, 0.15) is 199 Å². The summed E-state index contributed by atoms with van der Waals surface area (Å²) in [6.45, 7) is 20.8. The summed E-state index contributed by atoms with van der Waals surface area (Å²) >= 11 is 6.00. The van der Waals surface area contributed by atoms with Crippen molar-refractivity contribution in [2.75, 3.05) is 20.6 Å². The van der Waals surface area contributed by atoms with Crippen LogP contribution in [-0.4, -0.2) is 114 Å². The lowest BCUT2D eigenvalue weighted by atomic mass is 10.0. The predicted octanol–water partition coefficient (Wildman–Crippen LogP) is 18.5. The fourth-order valence-corrected chi connectivity index (χ4v) is 19.1. The third-order valence-corrected chi connectivity index (χ3v) is 24.8. The molecule has 4 amide bonds. The quantitative estimate of drug-likeness (QED) is 0.0462. The van der Waals surface area contributed by atoms with E-state index in [2.05, 4.69) is 135 Å². The molecule has 0 aliphatic heterocycles. The molecule has 12 aromatic rings. The van der Waals surface area contributed by atoms with E-state index in [1.165, 1.54) is 67.6 Å². The summed E-state index contributed by atoms with van der Waals surface area (Å²) in [6, 6.07) is 55.7. The number of carbonyl (C=O) groups excluding carboxylic acids is 4. The minimum absolute atomic E-state index is 0.00224. The van der Waals surface area contributed by atoms with E-state index < -0.39 is 0 Å². The van der Waals surface area contributed by atoms with Gasteiger partial charge in [-0.2, -0.15) is 21.0 Å². The van der Waals surface area contributed by atoms with Gasteiger partial charge in [-0.15, -0.1) is 40.8 Å². The zero-order valence-corrected chi connectivity index (χ0v) is 74.5. The van der Waals surface area contributed by atoms with Crippen LogP contribution < -0.4 is 40.2 Å². The molecule has 0 unspecified atom stereocenters. The Labute approximate surface area is 737 Å². The number of amides is 4. The van der Waals surface area contributed by atoms with Crippen LogP contribution in [0.15, 0.2) is 146 Å². The molecule has 632 valence electrons. The number of hydrogen-bond donors (Lipinski definition) is 4. The molecule has 4 atom stereocenters. The first-order valence-corrected chi connectivity index (χ1v) is 44.5. The predicted molar refractivity (Wildman–Crippen MR) is 482 cm³/mol. The number of aromatic nitrogens is 8. The Hall–Kier alpha value is -13.0. The van der Waals surface area contributed by atoms with Crippen molar-refractivity contribution in [3.05, 3.63) is 212 Å². The fourth-order valence-electron chi connectivity index (χ4n) is 15.6. The number of ether oxygens (including phenoxy) is 4. The normalized spacial score (nSPS) is 14.9. The van der Waals surface area contributed by atoms with Crippen LogP contribution in [-0.2, 0) is 44.9 Å². The van der Waals surface area contributed by atoms with E-state index in [1.54, 1.807) is 38.1 Å². The monoisotopic (exact) mass is 1730 g/mol. The van der Waals surface area contributed by atoms with Crippen LogP contribution in [0.25, 0.3) is 84.6 Å². The van der Waals surface area contributed by atoms with Crippen molar-refractivity contribution in [3.63, 3.8) is 0 Å². The maximum Gasteiger partial charge on any atom is 0.234 e. The zero-order valence-electron chi connectivity index (χ0n) is 71.3. The first-order valence-electron chi connectivity index (χ1n) is 41.2. The SMILES string of the molecule is CC(=O)N[C@@H]1CCc2c(-c3nnc(-c4ccc(OC(C)C)c(C#N)c4)s3)cccc21.CC(=O)N[C@H]1CCc2c(-c3nnc(-c4ccc(OC(C)C)c(C#N)c4)s3)cccc21.CC(C)Oc1ccc(-c2nnc(-c3cccc4c3CC[C@@H]4NC(=O)CN(C)C)s2)cc1C#N.CCC(=O)N[C@H]1CCc2c(-c3nnc(-c4ccc(OC(C)C)c(C#N)c4)s3)cccc21. The van der Waals surface area contributed by atoms with E-state index in [9.17, 15) is 40.2 Å². The molecule has 0 saturated heterocycles. The molecular formula is C95H95N17O8S4. The Morgan fingerprint density at radius 3 is 0.839 bits per heavy atom. The van der Waals surface area contributed by atoms with Gasteiger partial charge in [0.2, 0.25) is 23.6 Å². The van der Waals surface area contributed by atoms with E-state index in [1.807, 2.05) is 154 Å². The molecule has 29 heteroatoms. The van der Waals surface area contributed by atoms with E-state index >= 15 is 0 Å². The molecule has 4 heterocycles. The van der Waals surface area contributed by atoms with Gasteiger partial charge >= 0.3 is 0 Å². The summed E-state index contributed by atoms with van der Waals surface area (Å²) in [5.74, 6) is 2.36. The molecule has 0 spiro atoms. The third-order valence-electron chi connectivity index (χ3n) is 20.7. The van der Waals surface area contributed by atoms with Crippen molar-refractivity contribution in [2.45, 2.75) is 183 Å². The van der Waals surface area contributed by atoms with Gasteiger partial charge in [-0.25, -0.2) is 0 Å². The number of hydrogen-bond acceptors (Lipinski definition) is 25. The van der Waals surface area contributed by atoms with E-state index in [0.29, 0.717) is 58.2 Å². The number of benzene rings is 8. The lowest BCUT2D eigenvalue weighted by molar-refractivity contribution is -0.123. The number of rotatable bonds is 23. The van der Waals surface area contributed by atoms with Gasteiger partial charge in [0.15, 0.2) is 0 Å². The highest BCUT2D eigenvalue weighted by molar-refractivity contribution is 7.19. The Balaban J connectivity index is 0.000000142. The molecule has 25 nitrogen and oxygen atoms in total. The Morgan fingerprint density at radius 1 is 0.371 bits per heavy atom. The van der Waals surface area contributed by atoms with Crippen molar-refractivity contribution < 1.29 is 38.1 Å². The smallest absolute Gasteiger partial charge is 0.234 e. The van der Waals surface area contributed by atoms with Crippen molar-refractivity contribution in [1.82, 2.24) is 67.0 Å². The van der Waals surface area contributed by atoms with Crippen LogP contribution in [0.3, 0.4) is 0 Å². The standard InChI is InChI=1S/C25H27N5O2S.C24H24N4O2S.2C23H22N4O2S/c1-15(2)32-22-11-8-16(12-17(22)13-26)24-28-29-25(33-24)20-7-5-6-19-18(20)9-10-21(19)27-23(31)14-30(3)4;1-4-22(29)26-20-10-9-17-18(20)6-5-7-19(17)24-28-27-23(31-24)15-8-11-21(30-14(2)3)16(12-15)13-25;2*1-13(2)29-21-10-7-15(11-16(21)12-24)22-26-27-23(30-22)19-6-4-5-18-17(19)8-9-20(18)25-14(3)28/h5-8,11-12,15,21H,9-10,14H2,1-4H3,(H,27,31);5-8,11-12,14,20H,4,9-10H2,1-3H3,(H,26,29);2*4-7,10-11,13,20H,8-9H2,1-3H3,(H,25,28)/t21-;3*20-/m0010/s1. The molecular weight excluding hydrogens is 1640 g/mol. The van der Waals surface area contributed by atoms with Crippen molar-refractivity contribution in [2.24, 2.45) is 0 Å². The first kappa shape index (κ1) is 88.8. The summed E-state index contributed by atoms with van der Waals surface area (Å²) < 4.78 is 22.8. The second kappa shape index (κ2) is 40.3. The molecule has 16 rings (SSSR count). The first-order chi connectivity index (χ1) is 59.8. The van der Waals surface area contributed by atoms with Gasteiger partial charge in [-0.3, -0.25) is 19.2 Å². The fraction of sp³-hybridized carbons (Fsp3) is 0.326. The van der Waals surface area contributed by atoms with E-state index in [4.69, 9.17) is 18.9 Å². The molecule has 124 heavy (non-hydrogen) atoms. The summed E-state index contributed by atoms with van der Waals surface area (Å²) in [4.78, 5) is 49.0. The Bertz CT molecular complexity index is 5960. The largest absolute Gasteiger partial charge is 0.490 e. The topological polar surface area (TPSA) is 355 Å². The summed E-state index contributed by atoms with van der Waals surface area (Å²) in [5, 5.41) is 92.0. The number of likely N-dealkylation sites (N-methyl/N-ethyl adjacent to an activating group) is 1. The molecule has 0 saturated carbocycles. The molecule has 8 aromatic carbocycles. The van der Waals surface area contributed by atoms with E-state index in [0.717, 1.165) is 158 Å².